The van der Waals surface area contributed by atoms with Crippen molar-refractivity contribution in [3.63, 3.8) is 0 Å². The second-order valence-corrected chi connectivity index (χ2v) is 3.03. The van der Waals surface area contributed by atoms with Gasteiger partial charge in [-0.2, -0.15) is 0 Å². The van der Waals surface area contributed by atoms with Crippen molar-refractivity contribution in [3.8, 4) is 0 Å². The van der Waals surface area contributed by atoms with E-state index in [1.54, 1.807) is 0 Å². The molecular formula is C2HN2SZn. The molecule has 0 aromatic carbocycles. The second-order valence-electron chi connectivity index (χ2n) is 0.896. The van der Waals surface area contributed by atoms with Crippen molar-refractivity contribution in [2.45, 2.75) is 0 Å². The van der Waals surface area contributed by atoms with Crippen LogP contribution in [0.4, 0.5) is 0 Å². The molecule has 0 amide bonds. The SMILES string of the molecule is [Zn][c]1csnn1. The third-order valence-electron chi connectivity index (χ3n) is 0.405. The Bertz CT molecular complexity index is 115. The summed E-state index contributed by atoms with van der Waals surface area (Å²) in [6.45, 7) is 0. The Kier molecular flexibility index (Phi) is 1.27. The van der Waals surface area contributed by atoms with E-state index in [-0.39, 0.29) is 0 Å². The van der Waals surface area contributed by atoms with Crippen molar-refractivity contribution in [2.24, 2.45) is 0 Å². The predicted molar refractivity (Wildman–Crippen MR) is 19.5 cm³/mol. The summed E-state index contributed by atoms with van der Waals surface area (Å²) in [5, 5.41) is 5.70. The minimum absolute atomic E-state index is 1.12. The van der Waals surface area contributed by atoms with Crippen molar-refractivity contribution in [1.82, 2.24) is 9.59 Å². The van der Waals surface area contributed by atoms with E-state index < -0.39 is 0 Å². The minimum atomic E-state index is 1.12. The molecule has 0 spiro atoms. The van der Waals surface area contributed by atoms with Crippen LogP contribution in [-0.2, 0) is 18.3 Å². The first-order valence-electron chi connectivity index (χ1n) is 1.48. The Morgan fingerprint density at radius 3 is 2.83 bits per heavy atom. The number of rotatable bonds is 0. The first-order valence-corrected chi connectivity index (χ1v) is 3.80. The molecule has 1 aromatic heterocycles. The zero-order valence-corrected chi connectivity index (χ0v) is 6.87. The number of nitrogens with zero attached hydrogens (tertiary/aromatic N) is 2. The van der Waals surface area contributed by atoms with Crippen molar-refractivity contribution < 1.29 is 18.3 Å². The van der Waals surface area contributed by atoms with Crippen LogP contribution in [0.2, 0.25) is 0 Å². The molecule has 0 unspecified atom stereocenters. The quantitative estimate of drug-likeness (QED) is 0.475. The van der Waals surface area contributed by atoms with Crippen LogP contribution in [-0.4, -0.2) is 9.59 Å². The zero-order chi connectivity index (χ0) is 4.41. The molecule has 6 heavy (non-hydrogen) atoms. The van der Waals surface area contributed by atoms with Crippen molar-refractivity contribution in [3.05, 3.63) is 5.38 Å². The summed E-state index contributed by atoms with van der Waals surface area (Å²) in [4.78, 5) is 0. The number of hydrogen-bond donors (Lipinski definition) is 0. The van der Waals surface area contributed by atoms with E-state index in [1.807, 2.05) is 5.38 Å². The second kappa shape index (κ2) is 1.76. The van der Waals surface area contributed by atoms with Crippen LogP contribution in [0.3, 0.4) is 0 Å². The van der Waals surface area contributed by atoms with Crippen LogP contribution in [0.1, 0.15) is 0 Å². The molecule has 0 fully saturated rings. The molecule has 1 aromatic rings. The Balaban J connectivity index is 3.05. The van der Waals surface area contributed by atoms with Gasteiger partial charge in [-0.1, -0.05) is 0 Å². The average Bonchev–Trinajstić information content (AvgIpc) is 1.86. The van der Waals surface area contributed by atoms with Crippen molar-refractivity contribution in [2.75, 3.05) is 0 Å². The van der Waals surface area contributed by atoms with Gasteiger partial charge in [-0.15, -0.1) is 0 Å². The fourth-order valence-corrected chi connectivity index (χ4v) is 1.38. The molecule has 0 saturated heterocycles. The number of aromatic nitrogens is 2. The predicted octanol–water partition coefficient (Wildman–Crippen LogP) is -0.290. The van der Waals surface area contributed by atoms with Crippen molar-refractivity contribution in [1.29, 1.82) is 0 Å². The van der Waals surface area contributed by atoms with Gasteiger partial charge in [0.2, 0.25) is 0 Å². The first kappa shape index (κ1) is 4.35. The third-order valence-corrected chi connectivity index (χ3v) is 2.30. The summed E-state index contributed by atoms with van der Waals surface area (Å²) in [7, 11) is 0. The van der Waals surface area contributed by atoms with Crippen LogP contribution in [0.25, 0.3) is 0 Å². The molecule has 1 rings (SSSR count). The van der Waals surface area contributed by atoms with Gasteiger partial charge in [0.1, 0.15) is 0 Å². The standard InChI is InChI=1S/C2HN2S.Zn/c1-2-5-4-3-1;/h2H;. The molecule has 0 saturated carbocycles. The van der Waals surface area contributed by atoms with Gasteiger partial charge in [-0.05, 0) is 0 Å². The molecule has 4 heteroatoms. The van der Waals surface area contributed by atoms with E-state index in [0.717, 1.165) is 22.6 Å². The fourth-order valence-electron chi connectivity index (χ4n) is 0.184. The van der Waals surface area contributed by atoms with Crippen LogP contribution in [0.5, 0.6) is 0 Å². The van der Waals surface area contributed by atoms with E-state index in [4.69, 9.17) is 0 Å². The summed E-state index contributed by atoms with van der Waals surface area (Å²) in [5.41, 5.74) is 0. The average molecular weight is 151 g/mol. The number of hydrogen-bond acceptors (Lipinski definition) is 3. The summed E-state index contributed by atoms with van der Waals surface area (Å²) in [6, 6.07) is 0. The molecule has 0 aliphatic rings. The van der Waals surface area contributed by atoms with E-state index >= 15 is 0 Å². The maximum absolute atomic E-state index is 3.74. The molecule has 0 atom stereocenters. The topological polar surface area (TPSA) is 25.8 Å². The Labute approximate surface area is 49.4 Å². The van der Waals surface area contributed by atoms with Gasteiger partial charge in [0.15, 0.2) is 0 Å². The summed E-state index contributed by atoms with van der Waals surface area (Å²) < 4.78 is 4.77. The summed E-state index contributed by atoms with van der Waals surface area (Å²) in [6.07, 6.45) is 0. The Hall–Kier alpha value is 0.183. The van der Waals surface area contributed by atoms with E-state index in [9.17, 15) is 0 Å². The third kappa shape index (κ3) is 0.822. The van der Waals surface area contributed by atoms with Crippen LogP contribution in [0.15, 0.2) is 5.38 Å². The van der Waals surface area contributed by atoms with Gasteiger partial charge in [0.25, 0.3) is 0 Å². The zero-order valence-electron chi connectivity index (χ0n) is 3.09. The molecule has 0 radical (unpaired) electrons. The molecule has 0 bridgehead atoms. The molecule has 1 heterocycles. The van der Waals surface area contributed by atoms with Gasteiger partial charge in [-0.25, -0.2) is 0 Å². The summed E-state index contributed by atoms with van der Waals surface area (Å²) >= 11 is 2.53. The van der Waals surface area contributed by atoms with Gasteiger partial charge in [0.05, 0.1) is 0 Å². The van der Waals surface area contributed by atoms with Crippen molar-refractivity contribution >= 4 is 15.8 Å². The van der Waals surface area contributed by atoms with E-state index in [1.165, 1.54) is 11.5 Å². The van der Waals surface area contributed by atoms with Gasteiger partial charge < -0.3 is 0 Å². The molecule has 2 nitrogen and oxygen atoms in total. The molecule has 0 aliphatic carbocycles. The Morgan fingerprint density at radius 1 is 1.83 bits per heavy atom. The van der Waals surface area contributed by atoms with Crippen LogP contribution in [0, 0.1) is 0 Å². The molecular weight excluding hydrogens is 149 g/mol. The normalized spacial score (nSPS) is 9.00. The van der Waals surface area contributed by atoms with Gasteiger partial charge in [0, 0.05) is 0 Å². The van der Waals surface area contributed by atoms with Crippen LogP contribution < -0.4 is 4.29 Å². The monoisotopic (exact) mass is 149 g/mol. The molecule has 0 aliphatic heterocycles. The maximum atomic E-state index is 3.74. The van der Waals surface area contributed by atoms with Gasteiger partial charge >= 0.3 is 49.1 Å². The van der Waals surface area contributed by atoms with E-state index in [2.05, 4.69) is 9.59 Å². The fraction of sp³-hybridized carbons (Fsp3) is 0. The summed E-state index contributed by atoms with van der Waals surface area (Å²) in [5.74, 6) is 0. The molecule has 0 N–H and O–H groups in total. The molecule has 27 valence electrons. The van der Waals surface area contributed by atoms with Gasteiger partial charge in [-0.3, -0.25) is 0 Å². The van der Waals surface area contributed by atoms with Crippen LogP contribution >= 0.6 is 11.5 Å². The first-order chi connectivity index (χ1) is 2.89. The van der Waals surface area contributed by atoms with E-state index in [0.29, 0.717) is 0 Å². The Morgan fingerprint density at radius 2 is 2.67 bits per heavy atom.